The Balaban J connectivity index is 1.58. The number of methoxy groups -OCH3 is 1. The zero-order valence-corrected chi connectivity index (χ0v) is 15.1. The van der Waals surface area contributed by atoms with E-state index in [1.54, 1.807) is 29.2 Å². The SMILES string of the molecule is COC(=O)c1ccc(C(=O)N2CCCC23CCCN(C2CC2)C3=O)cc1. The fourth-order valence-electron chi connectivity index (χ4n) is 4.43. The summed E-state index contributed by atoms with van der Waals surface area (Å²) in [5.74, 6) is -0.405. The molecule has 2 amide bonds. The standard InChI is InChI=1S/C20H24N2O4/c1-26-18(24)15-6-4-14(5-7-15)17(23)22-13-3-11-20(22)10-2-12-21(19(20)25)16-8-9-16/h4-7,16H,2-3,8-13H2,1H3. The molecule has 3 aliphatic rings. The molecule has 1 unspecified atom stereocenters. The van der Waals surface area contributed by atoms with E-state index in [9.17, 15) is 14.4 Å². The number of nitrogens with zero attached hydrogens (tertiary/aromatic N) is 2. The van der Waals surface area contributed by atoms with Gasteiger partial charge in [0.25, 0.3) is 5.91 Å². The summed E-state index contributed by atoms with van der Waals surface area (Å²) >= 11 is 0. The Morgan fingerprint density at radius 2 is 1.65 bits per heavy atom. The maximum Gasteiger partial charge on any atom is 0.337 e. The van der Waals surface area contributed by atoms with E-state index in [1.165, 1.54) is 7.11 Å². The number of carbonyl (C=O) groups excluding carboxylic acids is 3. The van der Waals surface area contributed by atoms with Gasteiger partial charge in [0.15, 0.2) is 0 Å². The Hall–Kier alpha value is -2.37. The van der Waals surface area contributed by atoms with E-state index in [2.05, 4.69) is 0 Å². The molecule has 26 heavy (non-hydrogen) atoms. The largest absolute Gasteiger partial charge is 0.465 e. The summed E-state index contributed by atoms with van der Waals surface area (Å²) in [5.41, 5.74) is 0.253. The van der Waals surface area contributed by atoms with Crippen LogP contribution in [0, 0.1) is 0 Å². The number of esters is 1. The summed E-state index contributed by atoms with van der Waals surface area (Å²) in [6, 6.07) is 6.87. The van der Waals surface area contributed by atoms with Crippen molar-refractivity contribution in [1.82, 2.24) is 9.80 Å². The summed E-state index contributed by atoms with van der Waals surface area (Å²) in [5, 5.41) is 0. The Bertz CT molecular complexity index is 741. The summed E-state index contributed by atoms with van der Waals surface area (Å²) in [6.07, 6.45) is 5.49. The van der Waals surface area contributed by atoms with Crippen LogP contribution < -0.4 is 0 Å². The molecule has 0 radical (unpaired) electrons. The lowest BCUT2D eigenvalue weighted by Gasteiger charge is -2.44. The third-order valence-corrected chi connectivity index (χ3v) is 5.92. The van der Waals surface area contributed by atoms with Crippen LogP contribution >= 0.6 is 0 Å². The lowest BCUT2D eigenvalue weighted by molar-refractivity contribution is -0.146. The number of piperidine rings is 1. The molecular formula is C20H24N2O4. The van der Waals surface area contributed by atoms with Crippen molar-refractivity contribution in [3.63, 3.8) is 0 Å². The van der Waals surface area contributed by atoms with Crippen LogP contribution in [-0.2, 0) is 9.53 Å². The second kappa shape index (κ2) is 6.41. The third kappa shape index (κ3) is 2.68. The zero-order valence-electron chi connectivity index (χ0n) is 15.1. The second-order valence-electron chi connectivity index (χ2n) is 7.49. The molecule has 2 heterocycles. The number of hydrogen-bond acceptors (Lipinski definition) is 4. The van der Waals surface area contributed by atoms with Gasteiger partial charge < -0.3 is 14.5 Å². The highest BCUT2D eigenvalue weighted by Crippen LogP contribution is 2.42. The van der Waals surface area contributed by atoms with Crippen LogP contribution in [0.1, 0.15) is 59.2 Å². The third-order valence-electron chi connectivity index (χ3n) is 5.92. The Labute approximate surface area is 153 Å². The average Bonchev–Trinajstić information content (AvgIpc) is 3.43. The Morgan fingerprint density at radius 1 is 1.04 bits per heavy atom. The van der Waals surface area contributed by atoms with Gasteiger partial charge in [-0.3, -0.25) is 9.59 Å². The van der Waals surface area contributed by atoms with Gasteiger partial charge in [-0.15, -0.1) is 0 Å². The van der Waals surface area contributed by atoms with E-state index in [0.29, 0.717) is 23.7 Å². The van der Waals surface area contributed by atoms with Gasteiger partial charge in [-0.2, -0.15) is 0 Å². The van der Waals surface area contributed by atoms with E-state index in [1.807, 2.05) is 4.90 Å². The van der Waals surface area contributed by atoms with Crippen LogP contribution in [0.25, 0.3) is 0 Å². The number of amides is 2. The Kier molecular flexibility index (Phi) is 4.21. The normalized spacial score (nSPS) is 25.7. The minimum atomic E-state index is -0.668. The van der Waals surface area contributed by atoms with Gasteiger partial charge in [-0.1, -0.05) is 0 Å². The van der Waals surface area contributed by atoms with Gasteiger partial charge in [-0.05, 0) is 62.8 Å². The number of benzene rings is 1. The molecule has 0 bridgehead atoms. The molecule has 1 saturated carbocycles. The maximum atomic E-state index is 13.2. The van der Waals surface area contributed by atoms with Crippen LogP contribution in [0.4, 0.5) is 0 Å². The molecule has 1 spiro atoms. The van der Waals surface area contributed by atoms with Gasteiger partial charge in [0.1, 0.15) is 5.54 Å². The number of rotatable bonds is 3. The smallest absolute Gasteiger partial charge is 0.337 e. The van der Waals surface area contributed by atoms with Crippen molar-refractivity contribution in [2.75, 3.05) is 20.2 Å². The lowest BCUT2D eigenvalue weighted by atomic mass is 9.85. The van der Waals surface area contributed by atoms with Crippen molar-refractivity contribution < 1.29 is 19.1 Å². The van der Waals surface area contributed by atoms with Gasteiger partial charge in [0, 0.05) is 24.7 Å². The molecule has 6 nitrogen and oxygen atoms in total. The molecule has 1 atom stereocenters. The molecule has 138 valence electrons. The summed E-state index contributed by atoms with van der Waals surface area (Å²) < 4.78 is 4.70. The van der Waals surface area contributed by atoms with Crippen LogP contribution in [-0.4, -0.2) is 59.4 Å². The molecule has 4 rings (SSSR count). The molecule has 0 N–H and O–H groups in total. The highest BCUT2D eigenvalue weighted by molar-refractivity contribution is 6.01. The molecular weight excluding hydrogens is 332 g/mol. The highest BCUT2D eigenvalue weighted by atomic mass is 16.5. The summed E-state index contributed by atoms with van der Waals surface area (Å²) in [4.78, 5) is 41.8. The predicted octanol–water partition coefficient (Wildman–Crippen LogP) is 2.23. The van der Waals surface area contributed by atoms with E-state index >= 15 is 0 Å². The highest BCUT2D eigenvalue weighted by Gasteiger charge is 2.54. The topological polar surface area (TPSA) is 66.9 Å². The number of carbonyl (C=O) groups is 3. The lowest BCUT2D eigenvalue weighted by Crippen LogP contribution is -2.61. The van der Waals surface area contributed by atoms with Gasteiger partial charge in [0.2, 0.25) is 5.91 Å². The minimum Gasteiger partial charge on any atom is -0.465 e. The van der Waals surface area contributed by atoms with Crippen LogP contribution in [0.2, 0.25) is 0 Å². The molecule has 1 aromatic carbocycles. The zero-order chi connectivity index (χ0) is 18.3. The number of ether oxygens (including phenoxy) is 1. The summed E-state index contributed by atoms with van der Waals surface area (Å²) in [6.45, 7) is 1.43. The van der Waals surface area contributed by atoms with E-state index in [4.69, 9.17) is 4.74 Å². The number of likely N-dealkylation sites (tertiary alicyclic amines) is 2. The maximum absolute atomic E-state index is 13.2. The predicted molar refractivity (Wildman–Crippen MR) is 94.8 cm³/mol. The fraction of sp³-hybridized carbons (Fsp3) is 0.550. The van der Waals surface area contributed by atoms with E-state index in [-0.39, 0.29) is 11.8 Å². The van der Waals surface area contributed by atoms with Gasteiger partial charge in [0.05, 0.1) is 12.7 Å². The van der Waals surface area contributed by atoms with Gasteiger partial charge >= 0.3 is 5.97 Å². The fourth-order valence-corrected chi connectivity index (χ4v) is 4.43. The first-order valence-electron chi connectivity index (χ1n) is 9.38. The van der Waals surface area contributed by atoms with Crippen molar-refractivity contribution in [1.29, 1.82) is 0 Å². The first kappa shape index (κ1) is 17.1. The average molecular weight is 356 g/mol. The van der Waals surface area contributed by atoms with Crippen LogP contribution in [0.15, 0.2) is 24.3 Å². The van der Waals surface area contributed by atoms with Crippen LogP contribution in [0.3, 0.4) is 0 Å². The second-order valence-corrected chi connectivity index (χ2v) is 7.49. The van der Waals surface area contributed by atoms with Crippen molar-refractivity contribution in [2.24, 2.45) is 0 Å². The Morgan fingerprint density at radius 3 is 2.27 bits per heavy atom. The quantitative estimate of drug-likeness (QED) is 0.779. The van der Waals surface area contributed by atoms with Crippen molar-refractivity contribution in [3.8, 4) is 0 Å². The van der Waals surface area contributed by atoms with E-state index < -0.39 is 11.5 Å². The van der Waals surface area contributed by atoms with Gasteiger partial charge in [-0.25, -0.2) is 4.79 Å². The van der Waals surface area contributed by atoms with Crippen molar-refractivity contribution in [2.45, 2.75) is 50.1 Å². The molecule has 6 heteroatoms. The molecule has 1 aromatic rings. The van der Waals surface area contributed by atoms with Crippen molar-refractivity contribution >= 4 is 17.8 Å². The van der Waals surface area contributed by atoms with Crippen molar-refractivity contribution in [3.05, 3.63) is 35.4 Å². The first-order chi connectivity index (χ1) is 12.6. The minimum absolute atomic E-state index is 0.120. The first-order valence-corrected chi connectivity index (χ1v) is 9.38. The molecule has 3 fully saturated rings. The molecule has 0 aromatic heterocycles. The monoisotopic (exact) mass is 356 g/mol. The summed E-state index contributed by atoms with van der Waals surface area (Å²) in [7, 11) is 1.33. The number of hydrogen-bond donors (Lipinski definition) is 0. The molecule has 2 aliphatic heterocycles. The van der Waals surface area contributed by atoms with Crippen LogP contribution in [0.5, 0.6) is 0 Å². The van der Waals surface area contributed by atoms with E-state index in [0.717, 1.165) is 45.1 Å². The molecule has 2 saturated heterocycles. The molecule has 1 aliphatic carbocycles.